The Labute approximate surface area is 369 Å². The summed E-state index contributed by atoms with van der Waals surface area (Å²) in [6, 6.07) is 94.9. The molecule has 0 atom stereocenters. The van der Waals surface area contributed by atoms with Crippen LogP contribution in [0.25, 0.3) is 88.3 Å². The molecule has 0 fully saturated rings. The first kappa shape index (κ1) is 37.7. The van der Waals surface area contributed by atoms with E-state index in [0.717, 1.165) is 39.3 Å². The molecule has 0 spiro atoms. The molecule has 0 radical (unpaired) electrons. The van der Waals surface area contributed by atoms with Gasteiger partial charge >= 0.3 is 0 Å². The minimum atomic E-state index is 1.09. The maximum absolute atomic E-state index is 2.54. The predicted molar refractivity (Wildman–Crippen MR) is 269 cm³/mol. The van der Waals surface area contributed by atoms with Crippen molar-refractivity contribution in [2.24, 2.45) is 0 Å². The summed E-state index contributed by atoms with van der Waals surface area (Å²) in [6.07, 6.45) is 0. The molecule has 1 heteroatoms. The number of fused-ring (bicyclic) bond motifs is 3. The van der Waals surface area contributed by atoms with Gasteiger partial charge in [0.05, 0.1) is 17.1 Å². The molecule has 0 aliphatic rings. The molecule has 0 unspecified atom stereocenters. The smallest absolute Gasteiger partial charge is 0.0547 e. The lowest BCUT2D eigenvalue weighted by molar-refractivity contribution is 1.30. The number of benzene rings is 11. The van der Waals surface area contributed by atoms with Gasteiger partial charge in [-0.05, 0) is 102 Å². The van der Waals surface area contributed by atoms with Crippen LogP contribution in [-0.2, 0) is 0 Å². The zero-order valence-electron chi connectivity index (χ0n) is 34.8. The Morgan fingerprint density at radius 1 is 0.206 bits per heavy atom. The average molecular weight is 802 g/mol. The van der Waals surface area contributed by atoms with Crippen molar-refractivity contribution in [2.75, 3.05) is 4.90 Å². The third kappa shape index (κ3) is 7.06. The molecule has 0 heterocycles. The van der Waals surface area contributed by atoms with E-state index in [0.29, 0.717) is 0 Å². The average Bonchev–Trinajstić information content (AvgIpc) is 3.37. The summed E-state index contributed by atoms with van der Waals surface area (Å²) in [4.78, 5) is 2.54. The van der Waals surface area contributed by atoms with Crippen molar-refractivity contribution in [1.82, 2.24) is 0 Å². The predicted octanol–water partition coefficient (Wildman–Crippen LogP) is 17.5. The Bertz CT molecular complexity index is 3220. The van der Waals surface area contributed by atoms with Gasteiger partial charge in [-0.3, -0.25) is 0 Å². The highest BCUT2D eigenvalue weighted by Crippen LogP contribution is 2.52. The second-order valence-corrected chi connectivity index (χ2v) is 16.0. The molecule has 0 saturated heterocycles. The second kappa shape index (κ2) is 16.7. The van der Waals surface area contributed by atoms with Gasteiger partial charge in [-0.25, -0.2) is 0 Å². The fraction of sp³-hybridized carbons (Fsp3) is 0. The molecular formula is C62H43N. The molecule has 0 bridgehead atoms. The summed E-state index contributed by atoms with van der Waals surface area (Å²) in [6.45, 7) is 0. The van der Waals surface area contributed by atoms with E-state index in [1.54, 1.807) is 0 Å². The first-order valence-electron chi connectivity index (χ1n) is 21.7. The van der Waals surface area contributed by atoms with Gasteiger partial charge in [0.2, 0.25) is 0 Å². The van der Waals surface area contributed by atoms with Gasteiger partial charge < -0.3 is 4.90 Å². The van der Waals surface area contributed by atoms with Crippen LogP contribution in [0.4, 0.5) is 17.1 Å². The second-order valence-electron chi connectivity index (χ2n) is 16.0. The van der Waals surface area contributed by atoms with E-state index in [-0.39, 0.29) is 0 Å². The fourth-order valence-electron chi connectivity index (χ4n) is 9.39. The molecule has 0 N–H and O–H groups in total. The summed E-state index contributed by atoms with van der Waals surface area (Å²) in [5.41, 5.74) is 17.4. The van der Waals surface area contributed by atoms with Crippen molar-refractivity contribution in [1.29, 1.82) is 0 Å². The zero-order chi connectivity index (χ0) is 42.0. The molecule has 63 heavy (non-hydrogen) atoms. The van der Waals surface area contributed by atoms with Crippen molar-refractivity contribution < 1.29 is 0 Å². The van der Waals surface area contributed by atoms with Gasteiger partial charge in [0.25, 0.3) is 0 Å². The van der Waals surface area contributed by atoms with Crippen LogP contribution in [0, 0.1) is 0 Å². The van der Waals surface area contributed by atoms with Gasteiger partial charge in [-0.2, -0.15) is 0 Å². The number of rotatable bonds is 9. The van der Waals surface area contributed by atoms with E-state index in [1.165, 1.54) is 66.1 Å². The molecule has 296 valence electrons. The van der Waals surface area contributed by atoms with Crippen molar-refractivity contribution in [3.05, 3.63) is 261 Å². The highest BCUT2D eigenvalue weighted by Gasteiger charge is 2.26. The van der Waals surface area contributed by atoms with Gasteiger partial charge in [0.1, 0.15) is 0 Å². The summed E-state index contributed by atoms with van der Waals surface area (Å²) >= 11 is 0. The third-order valence-electron chi connectivity index (χ3n) is 12.3. The first-order chi connectivity index (χ1) is 31.3. The van der Waals surface area contributed by atoms with E-state index in [2.05, 4.69) is 266 Å². The SMILES string of the molecule is c1ccc(-c2ccc(N(c3ccc(-c4ccccc4)cc3-c3ccccc3)c3cccc4c(-c5ccccc5)c(-c5ccccc5)c5ccccc5c34)c(-c3ccccc3)c2)cc1. The van der Waals surface area contributed by atoms with Crippen molar-refractivity contribution >= 4 is 38.6 Å². The number of nitrogens with zero attached hydrogens (tertiary/aromatic N) is 1. The van der Waals surface area contributed by atoms with Gasteiger partial charge in [-0.15, -0.1) is 0 Å². The molecule has 1 nitrogen and oxygen atoms in total. The van der Waals surface area contributed by atoms with E-state index in [1.807, 2.05) is 0 Å². The standard InChI is InChI=1S/C62H43N/c1-7-22-44(23-8-1)50-38-40-57(55(42-50)46-26-11-3-12-27-46)63(58-41-39-51(45-24-9-2-10-25-45)43-56(58)47-28-13-4-14-29-47)59-37-21-36-54-61(49-32-17-6-18-33-49)60(48-30-15-5-16-31-48)52-34-19-20-35-53(52)62(54)59/h1-43H. The van der Waals surface area contributed by atoms with Crippen LogP contribution in [0.5, 0.6) is 0 Å². The van der Waals surface area contributed by atoms with Crippen LogP contribution < -0.4 is 4.90 Å². The highest BCUT2D eigenvalue weighted by molar-refractivity contribution is 6.26. The molecule has 0 saturated carbocycles. The Morgan fingerprint density at radius 2 is 0.556 bits per heavy atom. The molecule has 11 aromatic rings. The highest BCUT2D eigenvalue weighted by atomic mass is 15.1. The summed E-state index contributed by atoms with van der Waals surface area (Å²) in [5, 5.41) is 4.82. The monoisotopic (exact) mass is 801 g/mol. The molecular weight excluding hydrogens is 759 g/mol. The van der Waals surface area contributed by atoms with E-state index < -0.39 is 0 Å². The number of anilines is 3. The fourth-order valence-corrected chi connectivity index (χ4v) is 9.39. The molecule has 0 amide bonds. The van der Waals surface area contributed by atoms with Crippen LogP contribution in [0.15, 0.2) is 261 Å². The van der Waals surface area contributed by atoms with Gasteiger partial charge in [0.15, 0.2) is 0 Å². The number of hydrogen-bond donors (Lipinski definition) is 0. The van der Waals surface area contributed by atoms with Crippen LogP contribution >= 0.6 is 0 Å². The first-order valence-corrected chi connectivity index (χ1v) is 21.7. The molecule has 11 rings (SSSR count). The Balaban J connectivity index is 1.30. The molecule has 0 aliphatic heterocycles. The summed E-state index contributed by atoms with van der Waals surface area (Å²) in [7, 11) is 0. The van der Waals surface area contributed by atoms with Crippen LogP contribution in [0.3, 0.4) is 0 Å². The molecule has 11 aromatic carbocycles. The summed E-state index contributed by atoms with van der Waals surface area (Å²) in [5.74, 6) is 0. The van der Waals surface area contributed by atoms with Crippen molar-refractivity contribution in [2.45, 2.75) is 0 Å². The van der Waals surface area contributed by atoms with Crippen molar-refractivity contribution in [3.8, 4) is 66.8 Å². The minimum absolute atomic E-state index is 1.09. The van der Waals surface area contributed by atoms with Crippen LogP contribution in [0.1, 0.15) is 0 Å². The summed E-state index contributed by atoms with van der Waals surface area (Å²) < 4.78 is 0. The lowest BCUT2D eigenvalue weighted by atomic mass is 9.84. The van der Waals surface area contributed by atoms with Gasteiger partial charge in [0, 0.05) is 16.5 Å². The van der Waals surface area contributed by atoms with Crippen LogP contribution in [0.2, 0.25) is 0 Å². The van der Waals surface area contributed by atoms with E-state index in [4.69, 9.17) is 0 Å². The Morgan fingerprint density at radius 3 is 1.00 bits per heavy atom. The van der Waals surface area contributed by atoms with Crippen molar-refractivity contribution in [3.63, 3.8) is 0 Å². The lowest BCUT2D eigenvalue weighted by Crippen LogP contribution is -2.13. The number of hydrogen-bond acceptors (Lipinski definition) is 1. The molecule has 0 aromatic heterocycles. The quantitative estimate of drug-likeness (QED) is 0.131. The minimum Gasteiger partial charge on any atom is -0.309 e. The maximum Gasteiger partial charge on any atom is 0.0547 e. The normalized spacial score (nSPS) is 11.2. The van der Waals surface area contributed by atoms with E-state index in [9.17, 15) is 0 Å². The molecule has 0 aliphatic carbocycles. The van der Waals surface area contributed by atoms with Gasteiger partial charge in [-0.1, -0.05) is 231 Å². The largest absolute Gasteiger partial charge is 0.309 e. The Hall–Kier alpha value is -8.26. The maximum atomic E-state index is 2.54. The zero-order valence-corrected chi connectivity index (χ0v) is 34.8. The lowest BCUT2D eigenvalue weighted by Gasteiger charge is -2.32. The van der Waals surface area contributed by atoms with E-state index >= 15 is 0 Å². The topological polar surface area (TPSA) is 3.24 Å². The Kier molecular flexibility index (Phi) is 9.97. The van der Waals surface area contributed by atoms with Crippen LogP contribution in [-0.4, -0.2) is 0 Å². The third-order valence-corrected chi connectivity index (χ3v) is 12.3.